The van der Waals surface area contributed by atoms with Crippen molar-refractivity contribution in [3.8, 4) is 0 Å². The smallest absolute Gasteiger partial charge is 0.337 e. The molecule has 0 aromatic heterocycles. The highest BCUT2D eigenvalue weighted by molar-refractivity contribution is 9.10. The average molecular weight is 273 g/mol. The maximum atomic E-state index is 10.6. The lowest BCUT2D eigenvalue weighted by Crippen LogP contribution is -2.10. The molecular weight excluding hydrogens is 260 g/mol. The molecule has 0 aliphatic carbocycles. The fraction of sp³-hybridized carbons (Fsp3) is 0.364. The second-order valence-corrected chi connectivity index (χ2v) is 4.53. The lowest BCUT2D eigenvalue weighted by atomic mass is 10.00. The van der Waals surface area contributed by atoms with E-state index in [1.54, 1.807) is 12.1 Å². The van der Waals surface area contributed by atoms with Crippen LogP contribution in [0.3, 0.4) is 0 Å². The van der Waals surface area contributed by atoms with Gasteiger partial charge in [0.25, 0.3) is 0 Å². The first-order chi connectivity index (χ1) is 6.93. The minimum absolute atomic E-state index is 0.357. The molecule has 4 heteroatoms. The van der Waals surface area contributed by atoms with Crippen molar-refractivity contribution in [2.24, 2.45) is 0 Å². The molecule has 0 radical (unpaired) electrons. The van der Waals surface area contributed by atoms with Crippen molar-refractivity contribution in [1.29, 1.82) is 0 Å². The van der Waals surface area contributed by atoms with Gasteiger partial charge in [-0.15, -0.1) is 0 Å². The Kier molecular flexibility index (Phi) is 3.88. The number of benzene rings is 1. The topological polar surface area (TPSA) is 57.5 Å². The molecule has 0 aliphatic heterocycles. The molecule has 0 heterocycles. The van der Waals surface area contributed by atoms with Crippen molar-refractivity contribution in [1.82, 2.24) is 0 Å². The predicted molar refractivity (Wildman–Crippen MR) is 60.8 cm³/mol. The standard InChI is InChI=1S/C11H13BrO3/c1-6(2)8-4-3-7(5-9(8)12)10(13)11(14)15/h3-6,10,13H,1-2H3,(H,14,15). The van der Waals surface area contributed by atoms with E-state index in [0.717, 1.165) is 10.0 Å². The maximum Gasteiger partial charge on any atom is 0.337 e. The molecule has 0 aliphatic rings. The molecule has 0 spiro atoms. The first kappa shape index (κ1) is 12.2. The van der Waals surface area contributed by atoms with Crippen LogP contribution in [0, 0.1) is 0 Å². The summed E-state index contributed by atoms with van der Waals surface area (Å²) in [5.41, 5.74) is 1.48. The van der Waals surface area contributed by atoms with Crippen molar-refractivity contribution >= 4 is 21.9 Å². The molecular formula is C11H13BrO3. The van der Waals surface area contributed by atoms with Crippen molar-refractivity contribution < 1.29 is 15.0 Å². The molecule has 0 amide bonds. The second kappa shape index (κ2) is 4.77. The molecule has 0 fully saturated rings. The molecule has 1 aromatic rings. The third-order valence-electron chi connectivity index (χ3n) is 2.20. The number of aliphatic carboxylic acids is 1. The summed E-state index contributed by atoms with van der Waals surface area (Å²) in [5, 5.41) is 18.0. The fourth-order valence-corrected chi connectivity index (χ4v) is 2.18. The van der Waals surface area contributed by atoms with Crippen LogP contribution in [-0.2, 0) is 4.79 Å². The Labute approximate surface area is 96.9 Å². The van der Waals surface area contributed by atoms with Gasteiger partial charge in [0.2, 0.25) is 0 Å². The van der Waals surface area contributed by atoms with E-state index >= 15 is 0 Å². The highest BCUT2D eigenvalue weighted by Crippen LogP contribution is 2.27. The van der Waals surface area contributed by atoms with E-state index in [0.29, 0.717) is 11.5 Å². The molecule has 1 atom stereocenters. The van der Waals surface area contributed by atoms with E-state index in [-0.39, 0.29) is 0 Å². The molecule has 2 N–H and O–H groups in total. The normalized spacial score (nSPS) is 12.9. The second-order valence-electron chi connectivity index (χ2n) is 3.68. The van der Waals surface area contributed by atoms with Crippen LogP contribution in [0.1, 0.15) is 37.0 Å². The van der Waals surface area contributed by atoms with Crippen LogP contribution < -0.4 is 0 Å². The average Bonchev–Trinajstić information content (AvgIpc) is 2.15. The number of carboxylic acids is 1. The quantitative estimate of drug-likeness (QED) is 0.890. The number of aliphatic hydroxyl groups excluding tert-OH is 1. The molecule has 3 nitrogen and oxygen atoms in total. The SMILES string of the molecule is CC(C)c1ccc(C(O)C(=O)O)cc1Br. The Hall–Kier alpha value is -0.870. The van der Waals surface area contributed by atoms with Gasteiger partial charge in [0.15, 0.2) is 6.10 Å². The minimum Gasteiger partial charge on any atom is -0.479 e. The molecule has 15 heavy (non-hydrogen) atoms. The summed E-state index contributed by atoms with van der Waals surface area (Å²) in [7, 11) is 0. The number of hydrogen-bond donors (Lipinski definition) is 2. The van der Waals surface area contributed by atoms with Crippen molar-refractivity contribution in [2.75, 3.05) is 0 Å². The van der Waals surface area contributed by atoms with E-state index in [1.807, 2.05) is 19.9 Å². The van der Waals surface area contributed by atoms with Crippen molar-refractivity contribution in [2.45, 2.75) is 25.9 Å². The van der Waals surface area contributed by atoms with Gasteiger partial charge in [-0.1, -0.05) is 41.9 Å². The zero-order chi connectivity index (χ0) is 11.6. The van der Waals surface area contributed by atoms with Crippen LogP contribution in [0.2, 0.25) is 0 Å². The lowest BCUT2D eigenvalue weighted by Gasteiger charge is -2.11. The summed E-state index contributed by atoms with van der Waals surface area (Å²) in [5.74, 6) is -0.880. The lowest BCUT2D eigenvalue weighted by molar-refractivity contribution is -0.146. The van der Waals surface area contributed by atoms with Gasteiger partial charge >= 0.3 is 5.97 Å². The van der Waals surface area contributed by atoms with Gasteiger partial charge in [0, 0.05) is 4.47 Å². The first-order valence-electron chi connectivity index (χ1n) is 4.63. The van der Waals surface area contributed by atoms with Crippen molar-refractivity contribution in [3.63, 3.8) is 0 Å². The largest absolute Gasteiger partial charge is 0.479 e. The van der Waals surface area contributed by atoms with Crippen LogP contribution >= 0.6 is 15.9 Å². The van der Waals surface area contributed by atoms with E-state index in [2.05, 4.69) is 15.9 Å². The highest BCUT2D eigenvalue weighted by Gasteiger charge is 2.17. The molecule has 0 bridgehead atoms. The van der Waals surface area contributed by atoms with Gasteiger partial charge in [-0.05, 0) is 23.1 Å². The van der Waals surface area contributed by atoms with Gasteiger partial charge < -0.3 is 10.2 Å². The van der Waals surface area contributed by atoms with E-state index in [4.69, 9.17) is 5.11 Å². The Morgan fingerprint density at radius 2 is 2.00 bits per heavy atom. The minimum atomic E-state index is -1.46. The molecule has 1 rings (SSSR count). The number of carbonyl (C=O) groups is 1. The Morgan fingerprint density at radius 3 is 2.40 bits per heavy atom. The van der Waals surface area contributed by atoms with E-state index < -0.39 is 12.1 Å². The van der Waals surface area contributed by atoms with Crippen LogP contribution in [0.15, 0.2) is 22.7 Å². The first-order valence-corrected chi connectivity index (χ1v) is 5.43. The molecule has 0 saturated carbocycles. The molecule has 1 unspecified atom stereocenters. The number of rotatable bonds is 3. The summed E-state index contributed by atoms with van der Waals surface area (Å²) >= 11 is 3.36. The fourth-order valence-electron chi connectivity index (χ4n) is 1.32. The van der Waals surface area contributed by atoms with Crippen LogP contribution in [0.4, 0.5) is 0 Å². The van der Waals surface area contributed by atoms with Gasteiger partial charge in [-0.3, -0.25) is 0 Å². The zero-order valence-corrected chi connectivity index (χ0v) is 10.2. The Bertz CT molecular complexity index is 374. The summed E-state index contributed by atoms with van der Waals surface area (Å²) in [6, 6.07) is 5.11. The van der Waals surface area contributed by atoms with Crippen LogP contribution in [0.5, 0.6) is 0 Å². The summed E-state index contributed by atoms with van der Waals surface area (Å²) in [4.78, 5) is 10.6. The molecule has 0 saturated heterocycles. The Morgan fingerprint density at radius 1 is 1.40 bits per heavy atom. The molecule has 82 valence electrons. The number of halogens is 1. The number of hydrogen-bond acceptors (Lipinski definition) is 2. The van der Waals surface area contributed by atoms with Crippen LogP contribution in [-0.4, -0.2) is 16.2 Å². The van der Waals surface area contributed by atoms with Crippen molar-refractivity contribution in [3.05, 3.63) is 33.8 Å². The van der Waals surface area contributed by atoms with E-state index in [9.17, 15) is 9.90 Å². The highest BCUT2D eigenvalue weighted by atomic mass is 79.9. The monoisotopic (exact) mass is 272 g/mol. The molecule has 1 aromatic carbocycles. The van der Waals surface area contributed by atoms with Crippen LogP contribution in [0.25, 0.3) is 0 Å². The summed E-state index contributed by atoms with van der Waals surface area (Å²) < 4.78 is 0.829. The third-order valence-corrected chi connectivity index (χ3v) is 2.88. The Balaban J connectivity index is 3.06. The van der Waals surface area contributed by atoms with Gasteiger partial charge in [0.05, 0.1) is 0 Å². The third kappa shape index (κ3) is 2.79. The van der Waals surface area contributed by atoms with Gasteiger partial charge in [0.1, 0.15) is 0 Å². The summed E-state index contributed by atoms with van der Waals surface area (Å²) in [6.07, 6.45) is -1.46. The van der Waals surface area contributed by atoms with Gasteiger partial charge in [-0.25, -0.2) is 4.79 Å². The van der Waals surface area contributed by atoms with E-state index in [1.165, 1.54) is 0 Å². The maximum absolute atomic E-state index is 10.6. The predicted octanol–water partition coefficient (Wildman–Crippen LogP) is 2.69. The number of aliphatic hydroxyl groups is 1. The number of carboxylic acid groups (broad SMARTS) is 1. The zero-order valence-electron chi connectivity index (χ0n) is 8.57. The summed E-state index contributed by atoms with van der Waals surface area (Å²) in [6.45, 7) is 4.10. The van der Waals surface area contributed by atoms with Gasteiger partial charge in [-0.2, -0.15) is 0 Å².